The van der Waals surface area contributed by atoms with Gasteiger partial charge < -0.3 is 10.4 Å². The average molecular weight is 205 g/mol. The molecule has 1 aliphatic carbocycles. The lowest BCUT2D eigenvalue weighted by molar-refractivity contribution is 0.0949. The Morgan fingerprint density at radius 2 is 2.20 bits per heavy atom. The van der Waals surface area contributed by atoms with Crippen molar-refractivity contribution < 1.29 is 9.90 Å². The third-order valence-corrected chi connectivity index (χ3v) is 2.90. The summed E-state index contributed by atoms with van der Waals surface area (Å²) in [6.07, 6.45) is 1.06. The van der Waals surface area contributed by atoms with Crippen LogP contribution in [0.4, 0.5) is 0 Å². The second kappa shape index (κ2) is 3.57. The second-order valence-corrected chi connectivity index (χ2v) is 4.29. The lowest BCUT2D eigenvalue weighted by Crippen LogP contribution is -2.26. The largest absolute Gasteiger partial charge is 0.508 e. The molecule has 3 heteroatoms. The van der Waals surface area contributed by atoms with E-state index in [4.69, 9.17) is 0 Å². The van der Waals surface area contributed by atoms with Gasteiger partial charge in [-0.2, -0.15) is 0 Å². The first-order valence-corrected chi connectivity index (χ1v) is 5.18. The minimum absolute atomic E-state index is 0.0975. The third-order valence-electron chi connectivity index (χ3n) is 2.90. The van der Waals surface area contributed by atoms with Gasteiger partial charge in [0.25, 0.3) is 5.91 Å². The highest BCUT2D eigenvalue weighted by Crippen LogP contribution is 2.29. The molecule has 2 N–H and O–H groups in total. The van der Waals surface area contributed by atoms with Crippen molar-refractivity contribution >= 4 is 5.91 Å². The molecule has 80 valence electrons. The zero-order valence-electron chi connectivity index (χ0n) is 8.95. The van der Waals surface area contributed by atoms with Crippen LogP contribution in [0.15, 0.2) is 18.2 Å². The van der Waals surface area contributed by atoms with Crippen LogP contribution in [-0.2, 0) is 0 Å². The van der Waals surface area contributed by atoms with Gasteiger partial charge in [-0.15, -0.1) is 0 Å². The summed E-state index contributed by atoms with van der Waals surface area (Å²) in [4.78, 5) is 11.7. The minimum Gasteiger partial charge on any atom is -0.508 e. The summed E-state index contributed by atoms with van der Waals surface area (Å²) in [6, 6.07) is 5.32. The van der Waals surface area contributed by atoms with Crippen LogP contribution >= 0.6 is 0 Å². The van der Waals surface area contributed by atoms with E-state index in [1.807, 2.05) is 0 Å². The molecule has 0 aliphatic heterocycles. The zero-order valence-corrected chi connectivity index (χ0v) is 8.95. The topological polar surface area (TPSA) is 49.3 Å². The molecule has 2 unspecified atom stereocenters. The number of amides is 1. The van der Waals surface area contributed by atoms with E-state index in [0.717, 1.165) is 12.0 Å². The van der Waals surface area contributed by atoms with Gasteiger partial charge >= 0.3 is 0 Å². The van der Waals surface area contributed by atoms with Gasteiger partial charge in [-0.05, 0) is 37.0 Å². The van der Waals surface area contributed by atoms with Gasteiger partial charge in [0.2, 0.25) is 0 Å². The molecule has 1 amide bonds. The van der Waals surface area contributed by atoms with E-state index in [2.05, 4.69) is 12.2 Å². The van der Waals surface area contributed by atoms with E-state index in [9.17, 15) is 9.90 Å². The monoisotopic (exact) mass is 205 g/mol. The Bertz CT molecular complexity index is 401. The van der Waals surface area contributed by atoms with E-state index < -0.39 is 0 Å². The molecule has 1 aliphatic rings. The molecule has 15 heavy (non-hydrogen) atoms. The molecular formula is C12H15NO2. The van der Waals surface area contributed by atoms with Crippen molar-refractivity contribution in [2.75, 3.05) is 0 Å². The maximum absolute atomic E-state index is 11.7. The Kier molecular flexibility index (Phi) is 2.39. The van der Waals surface area contributed by atoms with Crippen LogP contribution in [-0.4, -0.2) is 17.1 Å². The number of hydrogen-bond acceptors (Lipinski definition) is 2. The summed E-state index contributed by atoms with van der Waals surface area (Å²) in [7, 11) is 0. The Hall–Kier alpha value is -1.51. The fourth-order valence-electron chi connectivity index (χ4n) is 1.53. The molecule has 0 radical (unpaired) electrons. The van der Waals surface area contributed by atoms with Crippen molar-refractivity contribution in [3.8, 4) is 5.75 Å². The number of benzene rings is 1. The van der Waals surface area contributed by atoms with Gasteiger partial charge in [0.05, 0.1) is 0 Å². The summed E-state index contributed by atoms with van der Waals surface area (Å²) in [6.45, 7) is 3.91. The number of nitrogens with one attached hydrogen (secondary N) is 1. The summed E-state index contributed by atoms with van der Waals surface area (Å²) in [5.41, 5.74) is 1.31. The first kappa shape index (κ1) is 10.0. The smallest absolute Gasteiger partial charge is 0.251 e. The third kappa shape index (κ3) is 2.12. The Balaban J connectivity index is 2.08. The molecule has 2 atom stereocenters. The summed E-state index contributed by atoms with van der Waals surface area (Å²) in [5, 5.41) is 12.4. The molecule has 3 nitrogen and oxygen atoms in total. The number of hydrogen-bond donors (Lipinski definition) is 2. The summed E-state index contributed by atoms with van der Waals surface area (Å²) < 4.78 is 0. The van der Waals surface area contributed by atoms with E-state index in [0.29, 0.717) is 17.5 Å². The zero-order chi connectivity index (χ0) is 11.0. The number of phenolic OH excluding ortho intramolecular Hbond substituents is 1. The normalized spacial score (nSPS) is 23.6. The standard InChI is InChI=1S/C12H15NO2/c1-7-3-4-9(6-11(7)14)12(15)13-10-5-8(10)2/h3-4,6,8,10,14H,5H2,1-2H3,(H,13,15). The van der Waals surface area contributed by atoms with Crippen molar-refractivity contribution in [2.24, 2.45) is 5.92 Å². The minimum atomic E-state index is -0.0975. The first-order valence-electron chi connectivity index (χ1n) is 5.18. The van der Waals surface area contributed by atoms with Crippen LogP contribution in [0.25, 0.3) is 0 Å². The highest BCUT2D eigenvalue weighted by molar-refractivity contribution is 5.95. The highest BCUT2D eigenvalue weighted by Gasteiger charge is 2.33. The predicted molar refractivity (Wildman–Crippen MR) is 57.9 cm³/mol. The molecule has 1 saturated carbocycles. The van der Waals surface area contributed by atoms with E-state index in [-0.39, 0.29) is 11.7 Å². The van der Waals surface area contributed by atoms with Gasteiger partial charge in [-0.3, -0.25) is 4.79 Å². The van der Waals surface area contributed by atoms with Crippen molar-refractivity contribution in [2.45, 2.75) is 26.3 Å². The van der Waals surface area contributed by atoms with Crippen molar-refractivity contribution in [3.63, 3.8) is 0 Å². The van der Waals surface area contributed by atoms with E-state index in [1.54, 1.807) is 19.1 Å². The lowest BCUT2D eigenvalue weighted by Gasteiger charge is -2.05. The molecule has 0 spiro atoms. The Morgan fingerprint density at radius 1 is 1.53 bits per heavy atom. The quantitative estimate of drug-likeness (QED) is 0.774. The maximum Gasteiger partial charge on any atom is 0.251 e. The maximum atomic E-state index is 11.7. The fraction of sp³-hybridized carbons (Fsp3) is 0.417. The lowest BCUT2D eigenvalue weighted by atomic mass is 10.1. The van der Waals surface area contributed by atoms with Gasteiger partial charge in [-0.1, -0.05) is 13.0 Å². The van der Waals surface area contributed by atoms with Crippen LogP contribution in [0.3, 0.4) is 0 Å². The SMILES string of the molecule is Cc1ccc(C(=O)NC2CC2C)cc1O. The van der Waals surface area contributed by atoms with Gasteiger partial charge in [0.1, 0.15) is 5.75 Å². The number of carbonyl (C=O) groups excluding carboxylic acids is 1. The van der Waals surface area contributed by atoms with Crippen LogP contribution in [0.2, 0.25) is 0 Å². The Labute approximate surface area is 89.1 Å². The molecule has 1 aromatic rings. The second-order valence-electron chi connectivity index (χ2n) is 4.29. The molecule has 1 fully saturated rings. The number of phenols is 1. The van der Waals surface area contributed by atoms with Crippen LogP contribution in [0.1, 0.15) is 29.3 Å². The van der Waals surface area contributed by atoms with Gasteiger partial charge in [0, 0.05) is 11.6 Å². The number of carbonyl (C=O) groups is 1. The number of aromatic hydroxyl groups is 1. The predicted octanol–water partition coefficient (Wildman–Crippen LogP) is 1.84. The average Bonchev–Trinajstić information content (AvgIpc) is 2.86. The van der Waals surface area contributed by atoms with E-state index in [1.165, 1.54) is 6.07 Å². The summed E-state index contributed by atoms with van der Waals surface area (Å²) >= 11 is 0. The van der Waals surface area contributed by atoms with Crippen molar-refractivity contribution in [1.29, 1.82) is 0 Å². The molecule has 1 aromatic carbocycles. The van der Waals surface area contributed by atoms with Crippen molar-refractivity contribution in [3.05, 3.63) is 29.3 Å². The molecule has 0 saturated heterocycles. The summed E-state index contributed by atoms with van der Waals surface area (Å²) in [5.74, 6) is 0.666. The van der Waals surface area contributed by atoms with Crippen molar-refractivity contribution in [1.82, 2.24) is 5.32 Å². The first-order chi connectivity index (χ1) is 7.08. The molecule has 0 aromatic heterocycles. The molecular weight excluding hydrogens is 190 g/mol. The highest BCUT2D eigenvalue weighted by atomic mass is 16.3. The molecule has 0 bridgehead atoms. The van der Waals surface area contributed by atoms with Gasteiger partial charge in [-0.25, -0.2) is 0 Å². The van der Waals surface area contributed by atoms with Crippen LogP contribution in [0, 0.1) is 12.8 Å². The number of rotatable bonds is 2. The van der Waals surface area contributed by atoms with Gasteiger partial charge in [0.15, 0.2) is 0 Å². The van der Waals surface area contributed by atoms with E-state index >= 15 is 0 Å². The fourth-order valence-corrected chi connectivity index (χ4v) is 1.53. The number of aryl methyl sites for hydroxylation is 1. The Morgan fingerprint density at radius 3 is 2.73 bits per heavy atom. The molecule has 2 rings (SSSR count). The van der Waals surface area contributed by atoms with Crippen LogP contribution < -0.4 is 5.32 Å². The molecule has 0 heterocycles. The van der Waals surface area contributed by atoms with Crippen LogP contribution in [0.5, 0.6) is 5.75 Å².